The molecule has 2 N–H and O–H groups in total. The van der Waals surface area contributed by atoms with Crippen LogP contribution in [0.2, 0.25) is 0 Å². The first-order chi connectivity index (χ1) is 8.75. The zero-order chi connectivity index (χ0) is 12.5. The third kappa shape index (κ3) is 2.09. The number of hydrogen-bond donors (Lipinski definition) is 2. The highest BCUT2D eigenvalue weighted by molar-refractivity contribution is 7.10. The highest BCUT2D eigenvalue weighted by atomic mass is 32.1. The van der Waals surface area contributed by atoms with Gasteiger partial charge in [0.1, 0.15) is 0 Å². The maximum atomic E-state index is 10.1. The molecule has 0 saturated carbocycles. The molecule has 1 aliphatic carbocycles. The fraction of sp³-hybridized carbons (Fsp3) is 0.333. The van der Waals surface area contributed by atoms with Crippen LogP contribution < -0.4 is 5.32 Å². The fourth-order valence-corrected chi connectivity index (χ4v) is 3.46. The molecule has 2 unspecified atom stereocenters. The number of thiophene rings is 1. The molecule has 0 aliphatic heterocycles. The summed E-state index contributed by atoms with van der Waals surface area (Å²) in [5, 5.41) is 15.8. The number of hydrogen-bond acceptors (Lipinski definition) is 3. The van der Waals surface area contributed by atoms with E-state index >= 15 is 0 Å². The Balaban J connectivity index is 1.75. The molecular weight excluding hydrogens is 242 g/mol. The minimum absolute atomic E-state index is 0.0719. The normalized spacial score (nSPS) is 22.1. The van der Waals surface area contributed by atoms with Gasteiger partial charge in [0.2, 0.25) is 0 Å². The molecule has 0 radical (unpaired) electrons. The molecule has 94 valence electrons. The van der Waals surface area contributed by atoms with Crippen molar-refractivity contribution in [2.45, 2.75) is 32.0 Å². The van der Waals surface area contributed by atoms with Gasteiger partial charge in [0, 0.05) is 17.8 Å². The minimum Gasteiger partial charge on any atom is -0.391 e. The first kappa shape index (κ1) is 11.9. The van der Waals surface area contributed by atoms with E-state index in [4.69, 9.17) is 0 Å². The molecule has 3 heteroatoms. The molecule has 0 saturated heterocycles. The molecule has 18 heavy (non-hydrogen) atoms. The Morgan fingerprint density at radius 1 is 1.33 bits per heavy atom. The maximum Gasteiger partial charge on any atom is 0.0775 e. The maximum absolute atomic E-state index is 10.1. The van der Waals surface area contributed by atoms with Crippen LogP contribution in [0.3, 0.4) is 0 Å². The average molecular weight is 259 g/mol. The second-order valence-corrected chi connectivity index (χ2v) is 5.86. The largest absolute Gasteiger partial charge is 0.391 e. The van der Waals surface area contributed by atoms with Crippen LogP contribution in [-0.4, -0.2) is 11.2 Å². The van der Waals surface area contributed by atoms with Crippen LogP contribution in [-0.2, 0) is 13.0 Å². The first-order valence-corrected chi connectivity index (χ1v) is 7.16. The van der Waals surface area contributed by atoms with Gasteiger partial charge < -0.3 is 10.4 Å². The van der Waals surface area contributed by atoms with Crippen LogP contribution in [0.15, 0.2) is 35.7 Å². The Morgan fingerprint density at radius 2 is 2.17 bits per heavy atom. The van der Waals surface area contributed by atoms with E-state index in [-0.39, 0.29) is 12.1 Å². The second kappa shape index (κ2) is 4.84. The van der Waals surface area contributed by atoms with Gasteiger partial charge in [0.25, 0.3) is 0 Å². The Morgan fingerprint density at radius 3 is 2.94 bits per heavy atom. The molecule has 0 spiro atoms. The topological polar surface area (TPSA) is 32.3 Å². The minimum atomic E-state index is -0.303. The second-order valence-electron chi connectivity index (χ2n) is 4.86. The van der Waals surface area contributed by atoms with Crippen molar-refractivity contribution in [3.63, 3.8) is 0 Å². The third-order valence-corrected chi connectivity index (χ3v) is 4.68. The smallest absolute Gasteiger partial charge is 0.0775 e. The van der Waals surface area contributed by atoms with Gasteiger partial charge in [0.15, 0.2) is 0 Å². The molecule has 1 aliphatic rings. The SMILES string of the molecule is Cc1ccsc1CNC1c2ccccc2CC1O. The van der Waals surface area contributed by atoms with E-state index in [1.54, 1.807) is 11.3 Å². The molecule has 0 bridgehead atoms. The molecule has 1 heterocycles. The number of benzene rings is 1. The van der Waals surface area contributed by atoms with Crippen LogP contribution in [0, 0.1) is 6.92 Å². The standard InChI is InChI=1S/C15H17NOS/c1-10-6-7-18-14(10)9-16-15-12-5-3-2-4-11(12)8-13(15)17/h2-7,13,15-17H,8-9H2,1H3. The number of aliphatic hydroxyl groups excluding tert-OH is 1. The predicted molar refractivity (Wildman–Crippen MR) is 74.8 cm³/mol. The van der Waals surface area contributed by atoms with Gasteiger partial charge >= 0.3 is 0 Å². The molecule has 1 aromatic heterocycles. The summed E-state index contributed by atoms with van der Waals surface area (Å²) in [6.45, 7) is 2.96. The fourth-order valence-electron chi connectivity index (χ4n) is 2.61. The quantitative estimate of drug-likeness (QED) is 0.888. The Bertz CT molecular complexity index is 549. The number of aryl methyl sites for hydroxylation is 1. The average Bonchev–Trinajstić information content (AvgIpc) is 2.90. The molecule has 2 nitrogen and oxygen atoms in total. The van der Waals surface area contributed by atoms with Crippen LogP contribution in [0.25, 0.3) is 0 Å². The lowest BCUT2D eigenvalue weighted by Crippen LogP contribution is -2.28. The van der Waals surface area contributed by atoms with E-state index in [0.29, 0.717) is 0 Å². The van der Waals surface area contributed by atoms with Crippen molar-refractivity contribution in [1.29, 1.82) is 0 Å². The summed E-state index contributed by atoms with van der Waals surface area (Å²) in [4.78, 5) is 1.35. The van der Waals surface area contributed by atoms with Crippen molar-refractivity contribution in [3.8, 4) is 0 Å². The van der Waals surface area contributed by atoms with Gasteiger partial charge in [-0.3, -0.25) is 0 Å². The summed E-state index contributed by atoms with van der Waals surface area (Å²) in [5.41, 5.74) is 3.85. The van der Waals surface area contributed by atoms with Gasteiger partial charge in [-0.15, -0.1) is 11.3 Å². The summed E-state index contributed by atoms with van der Waals surface area (Å²) in [7, 11) is 0. The van der Waals surface area contributed by atoms with Crippen molar-refractivity contribution in [3.05, 3.63) is 57.3 Å². The molecular formula is C15H17NOS. The lowest BCUT2D eigenvalue weighted by molar-refractivity contribution is 0.141. The van der Waals surface area contributed by atoms with Crippen molar-refractivity contribution in [1.82, 2.24) is 5.32 Å². The summed E-state index contributed by atoms with van der Waals surface area (Å²) < 4.78 is 0. The van der Waals surface area contributed by atoms with Gasteiger partial charge in [0.05, 0.1) is 12.1 Å². The Hall–Kier alpha value is -1.16. The highest BCUT2D eigenvalue weighted by Crippen LogP contribution is 2.31. The number of nitrogens with one attached hydrogen (secondary N) is 1. The van der Waals surface area contributed by atoms with E-state index in [9.17, 15) is 5.11 Å². The van der Waals surface area contributed by atoms with Gasteiger partial charge in [-0.2, -0.15) is 0 Å². The van der Waals surface area contributed by atoms with Crippen molar-refractivity contribution in [2.75, 3.05) is 0 Å². The summed E-state index contributed by atoms with van der Waals surface area (Å²) in [6, 6.07) is 10.5. The zero-order valence-electron chi connectivity index (χ0n) is 10.4. The molecule has 2 aromatic rings. The summed E-state index contributed by atoms with van der Waals surface area (Å²) in [5.74, 6) is 0. The Labute approximate surface area is 111 Å². The lowest BCUT2D eigenvalue weighted by Gasteiger charge is -2.17. The number of aliphatic hydroxyl groups is 1. The zero-order valence-corrected chi connectivity index (χ0v) is 11.2. The highest BCUT2D eigenvalue weighted by Gasteiger charge is 2.30. The molecule has 0 fully saturated rings. The van der Waals surface area contributed by atoms with E-state index < -0.39 is 0 Å². The molecule has 0 amide bonds. The van der Waals surface area contributed by atoms with Crippen LogP contribution in [0.4, 0.5) is 0 Å². The van der Waals surface area contributed by atoms with Crippen LogP contribution >= 0.6 is 11.3 Å². The van der Waals surface area contributed by atoms with E-state index in [2.05, 4.69) is 35.8 Å². The van der Waals surface area contributed by atoms with Crippen molar-refractivity contribution >= 4 is 11.3 Å². The summed E-state index contributed by atoms with van der Waals surface area (Å²) in [6.07, 6.45) is 0.458. The monoisotopic (exact) mass is 259 g/mol. The van der Waals surface area contributed by atoms with Crippen LogP contribution in [0.1, 0.15) is 27.6 Å². The van der Waals surface area contributed by atoms with Gasteiger partial charge in [-0.25, -0.2) is 0 Å². The molecule has 2 atom stereocenters. The van der Waals surface area contributed by atoms with Crippen LogP contribution in [0.5, 0.6) is 0 Å². The van der Waals surface area contributed by atoms with E-state index in [0.717, 1.165) is 13.0 Å². The van der Waals surface area contributed by atoms with Gasteiger partial charge in [-0.05, 0) is 35.1 Å². The van der Waals surface area contributed by atoms with Gasteiger partial charge in [-0.1, -0.05) is 24.3 Å². The third-order valence-electron chi connectivity index (χ3n) is 3.65. The van der Waals surface area contributed by atoms with Crippen molar-refractivity contribution < 1.29 is 5.11 Å². The molecule has 3 rings (SSSR count). The van der Waals surface area contributed by atoms with E-state index in [1.165, 1.54) is 21.6 Å². The Kier molecular flexibility index (Phi) is 3.20. The molecule has 1 aromatic carbocycles. The number of fused-ring (bicyclic) bond motifs is 1. The lowest BCUT2D eigenvalue weighted by atomic mass is 10.1. The van der Waals surface area contributed by atoms with Crippen molar-refractivity contribution in [2.24, 2.45) is 0 Å². The number of rotatable bonds is 3. The first-order valence-electron chi connectivity index (χ1n) is 6.28. The predicted octanol–water partition coefficient (Wildman–Crippen LogP) is 2.80. The van der Waals surface area contributed by atoms with E-state index in [1.807, 2.05) is 12.1 Å². The summed E-state index contributed by atoms with van der Waals surface area (Å²) >= 11 is 1.77.